The first-order valence-corrected chi connectivity index (χ1v) is 17.4. The molecule has 0 radical (unpaired) electrons. The smallest absolute Gasteiger partial charge is 2.00 e. The summed E-state index contributed by atoms with van der Waals surface area (Å²) in [6, 6.07) is 19.4. The van der Waals surface area contributed by atoms with Crippen molar-refractivity contribution in [2.45, 2.75) is 47.3 Å². The molecule has 0 atom stereocenters. The summed E-state index contributed by atoms with van der Waals surface area (Å²) in [5, 5.41) is 0. The Kier molecular flexibility index (Phi) is 53.3. The summed E-state index contributed by atoms with van der Waals surface area (Å²) in [6.45, 7) is 8.51. The summed E-state index contributed by atoms with van der Waals surface area (Å²) in [6.07, 6.45) is 0. The molecule has 0 heterocycles. The molecule has 0 saturated carbocycles. The van der Waals surface area contributed by atoms with Gasteiger partial charge in [-0.3, -0.25) is 0 Å². The third-order valence-corrected chi connectivity index (χ3v) is 7.72. The number of carbonyl (C=O) groups excluding carboxylic acids is 4. The van der Waals surface area contributed by atoms with Crippen molar-refractivity contribution in [2.24, 2.45) is 0 Å². The number of nitrogen functional groups attached to an aromatic ring is 4. The van der Waals surface area contributed by atoms with Crippen molar-refractivity contribution in [1.82, 2.24) is 0 Å². The Morgan fingerprint density at radius 2 is 0.525 bits per heavy atom. The van der Waals surface area contributed by atoms with Crippen molar-refractivity contribution in [3.05, 3.63) is 95.1 Å². The van der Waals surface area contributed by atoms with Crippen LogP contribution < -0.4 is 22.9 Å². The molecule has 0 bridgehead atoms. The maximum absolute atomic E-state index is 11.2. The molecule has 0 aliphatic carbocycles. The number of benzene rings is 4. The van der Waals surface area contributed by atoms with Crippen LogP contribution in [0.25, 0.3) is 0 Å². The van der Waals surface area contributed by atoms with E-state index in [0.29, 0.717) is 91.0 Å². The predicted molar refractivity (Wildman–Crippen MR) is 221 cm³/mol. The number of thiol groups is 4. The summed E-state index contributed by atoms with van der Waals surface area (Å²) >= 11 is 16.4. The van der Waals surface area contributed by atoms with Crippen LogP contribution >= 0.6 is 50.5 Å². The van der Waals surface area contributed by atoms with Gasteiger partial charge in [-0.1, -0.05) is 0 Å². The van der Waals surface area contributed by atoms with Crippen LogP contribution in [0, 0.1) is 0 Å². The van der Waals surface area contributed by atoms with E-state index in [1.54, 1.807) is 100 Å². The van der Waals surface area contributed by atoms with E-state index in [0.717, 1.165) is 0 Å². The van der Waals surface area contributed by atoms with Crippen molar-refractivity contribution in [3.63, 3.8) is 0 Å². The van der Waals surface area contributed by atoms with Crippen LogP contribution in [0.15, 0.2) is 92.4 Å². The van der Waals surface area contributed by atoms with E-state index in [-0.39, 0.29) is 102 Å². The van der Waals surface area contributed by atoms with Crippen LogP contribution in [0.5, 0.6) is 0 Å². The van der Waals surface area contributed by atoms with Gasteiger partial charge in [-0.25, -0.2) is 19.2 Å². The molecule has 0 spiro atoms. The monoisotopic (exact) mass is 1090 g/mol. The van der Waals surface area contributed by atoms with Crippen molar-refractivity contribution >= 4 is 97.1 Å². The SMILES string of the molecule is CCOC(=O)c1ccc(N)c(S)c1.CCOC(=O)c1ccc(N)c(S)c1.CCOC(=O)c1ccc(N)c(S)c1.CCOC(=O)c1ccc(N)c(S)c1.[O-2].[O-2].[O-2].[O-2].[O-2].[O-2].[O-2].[Tc+7].[Tc+7]. The fraction of sp³-hybridized carbons (Fsp3) is 0.222. The first-order chi connectivity index (χ1) is 24.6. The van der Waals surface area contributed by atoms with Crippen LogP contribution in [0.4, 0.5) is 22.7 Å². The molecule has 0 aliphatic rings. The molecule has 19 nitrogen and oxygen atoms in total. The zero-order valence-electron chi connectivity index (χ0n) is 32.7. The fourth-order valence-electron chi connectivity index (χ4n) is 3.54. The molecular formula is C36H44N4O15S4Tc2. The van der Waals surface area contributed by atoms with E-state index in [4.69, 9.17) is 41.9 Å². The zero-order chi connectivity index (χ0) is 39.4. The Balaban J connectivity index is -0.0000000805. The van der Waals surface area contributed by atoms with Gasteiger partial charge in [-0.15, -0.1) is 50.5 Å². The van der Waals surface area contributed by atoms with Crippen LogP contribution in [-0.2, 0) is 97.5 Å². The van der Waals surface area contributed by atoms with Crippen LogP contribution in [-0.4, -0.2) is 50.3 Å². The van der Waals surface area contributed by atoms with Gasteiger partial charge < -0.3 is 80.2 Å². The summed E-state index contributed by atoms with van der Waals surface area (Å²) in [5.41, 5.74) is 26.2. The Hall–Kier alpha value is -3.62. The Morgan fingerprint density at radius 1 is 0.377 bits per heavy atom. The van der Waals surface area contributed by atoms with Crippen molar-refractivity contribution in [2.75, 3.05) is 49.4 Å². The van der Waals surface area contributed by atoms with E-state index in [2.05, 4.69) is 50.5 Å². The van der Waals surface area contributed by atoms with Crippen molar-refractivity contribution in [1.29, 1.82) is 0 Å². The first kappa shape index (κ1) is 77.9. The molecule has 25 heteroatoms. The van der Waals surface area contributed by atoms with Gasteiger partial charge >= 0.3 is 64.1 Å². The first-order valence-electron chi connectivity index (χ1n) is 15.6. The average Bonchev–Trinajstić information content (AvgIpc) is 3.11. The third kappa shape index (κ3) is 28.6. The van der Waals surface area contributed by atoms with E-state index in [1.807, 2.05) is 0 Å². The minimum absolute atomic E-state index is 0. The largest absolute Gasteiger partial charge is 7.00 e. The number of esters is 4. The number of hydrogen-bond donors (Lipinski definition) is 8. The average molecular weight is 1100 g/mol. The standard InChI is InChI=1S/4C9H11NO2S.7O.2Tc/c4*1-2-12-9(11)6-3-4-7(10)8(13)5-6;;;;;;;;;/h4*3-5,13H,2,10H2,1H3;;;;;;;;;/q;;;;7*-2;2*+7. The molecular weight excluding hydrogens is 1050 g/mol. The van der Waals surface area contributed by atoms with Gasteiger partial charge in [0.25, 0.3) is 0 Å². The summed E-state index contributed by atoms with van der Waals surface area (Å²) in [4.78, 5) is 47.2. The second kappa shape index (κ2) is 41.7. The van der Waals surface area contributed by atoms with E-state index >= 15 is 0 Å². The maximum atomic E-state index is 11.2. The Labute approximate surface area is 402 Å². The molecule has 0 fully saturated rings. The molecule has 4 aromatic carbocycles. The summed E-state index contributed by atoms with van der Waals surface area (Å²) in [5.74, 6) is -1.40. The normalized spacial score (nSPS) is 8.26. The third-order valence-electron chi connectivity index (χ3n) is 6.17. The topological polar surface area (TPSA) is 409 Å². The molecule has 8 N–H and O–H groups in total. The zero-order valence-corrected chi connectivity index (χ0v) is 40.0. The number of anilines is 4. The van der Waals surface area contributed by atoms with Crippen LogP contribution in [0.3, 0.4) is 0 Å². The van der Waals surface area contributed by atoms with Gasteiger partial charge in [0, 0.05) is 42.3 Å². The Bertz CT molecular complexity index is 1590. The van der Waals surface area contributed by atoms with Gasteiger partial charge in [-0.2, -0.15) is 0 Å². The number of rotatable bonds is 8. The number of nitrogens with two attached hydrogens (primary N) is 4. The number of ether oxygens (including phenoxy) is 4. The molecule has 4 rings (SSSR count). The van der Waals surface area contributed by atoms with Gasteiger partial charge in [0.05, 0.1) is 48.7 Å². The number of hydrogen-bond acceptors (Lipinski definition) is 16. The molecule has 0 saturated heterocycles. The van der Waals surface area contributed by atoms with E-state index in [1.165, 1.54) is 0 Å². The minimum Gasteiger partial charge on any atom is -2.00 e. The molecule has 0 unspecified atom stereocenters. The van der Waals surface area contributed by atoms with E-state index in [9.17, 15) is 19.2 Å². The van der Waals surface area contributed by atoms with Gasteiger partial charge in [0.15, 0.2) is 0 Å². The second-order valence-corrected chi connectivity index (χ2v) is 11.9. The minimum atomic E-state index is -0.349. The van der Waals surface area contributed by atoms with Gasteiger partial charge in [-0.05, 0) is 100 Å². The molecule has 0 amide bonds. The molecule has 336 valence electrons. The summed E-state index contributed by atoms with van der Waals surface area (Å²) < 4.78 is 19.2. The molecule has 0 aromatic heterocycles. The summed E-state index contributed by atoms with van der Waals surface area (Å²) in [7, 11) is 0. The Morgan fingerprint density at radius 3 is 0.639 bits per heavy atom. The molecule has 61 heavy (non-hydrogen) atoms. The van der Waals surface area contributed by atoms with Crippen LogP contribution in [0.2, 0.25) is 0 Å². The van der Waals surface area contributed by atoms with Gasteiger partial charge in [0.2, 0.25) is 0 Å². The van der Waals surface area contributed by atoms with Crippen molar-refractivity contribution in [3.8, 4) is 0 Å². The van der Waals surface area contributed by atoms with Crippen LogP contribution in [0.1, 0.15) is 69.1 Å². The number of carbonyl (C=O) groups is 4. The molecule has 4 aromatic rings. The fourth-order valence-corrected chi connectivity index (χ4v) is 4.39. The predicted octanol–water partition coefficient (Wildman–Crippen LogP) is 6.10. The van der Waals surface area contributed by atoms with E-state index < -0.39 is 0 Å². The van der Waals surface area contributed by atoms with Crippen molar-refractivity contribution < 1.29 is 117 Å². The maximum Gasteiger partial charge on any atom is 7.00 e. The molecule has 0 aliphatic heterocycles. The second-order valence-electron chi connectivity index (χ2n) is 9.98. The van der Waals surface area contributed by atoms with Gasteiger partial charge in [0.1, 0.15) is 0 Å². The quantitative estimate of drug-likeness (QED) is 0.0429.